The van der Waals surface area contributed by atoms with Crippen molar-refractivity contribution in [3.8, 4) is 11.5 Å². The molecule has 1 N–H and O–H groups in total. The van der Waals surface area contributed by atoms with Gasteiger partial charge in [-0.1, -0.05) is 11.6 Å². The Labute approximate surface area is 179 Å². The van der Waals surface area contributed by atoms with E-state index in [0.717, 1.165) is 17.7 Å². The summed E-state index contributed by atoms with van der Waals surface area (Å²) >= 11 is 7.60. The third kappa shape index (κ3) is 7.18. The number of anilines is 1. The van der Waals surface area contributed by atoms with Crippen molar-refractivity contribution >= 4 is 40.9 Å². The second kappa shape index (κ2) is 11.6. The van der Waals surface area contributed by atoms with Gasteiger partial charge in [0.1, 0.15) is 11.5 Å². The average Bonchev–Trinajstić information content (AvgIpc) is 2.72. The lowest BCUT2D eigenvalue weighted by Crippen LogP contribution is -2.15. The Morgan fingerprint density at radius 2 is 1.86 bits per heavy atom. The molecule has 0 aliphatic carbocycles. The molecule has 2 rings (SSSR count). The minimum atomic E-state index is -0.377. The van der Waals surface area contributed by atoms with Gasteiger partial charge < -0.3 is 19.5 Å². The smallest absolute Gasteiger partial charge is 0.337 e. The Bertz CT molecular complexity index is 842. The Morgan fingerprint density at radius 3 is 2.52 bits per heavy atom. The van der Waals surface area contributed by atoms with Crippen LogP contribution in [0.15, 0.2) is 36.4 Å². The maximum absolute atomic E-state index is 12.2. The lowest BCUT2D eigenvalue weighted by molar-refractivity contribution is -0.113. The van der Waals surface area contributed by atoms with Gasteiger partial charge in [-0.25, -0.2) is 4.79 Å². The number of benzene rings is 2. The number of hydrogen-bond acceptors (Lipinski definition) is 6. The van der Waals surface area contributed by atoms with Gasteiger partial charge in [-0.3, -0.25) is 4.79 Å². The highest BCUT2D eigenvalue weighted by molar-refractivity contribution is 7.99. The van der Waals surface area contributed by atoms with Crippen LogP contribution in [0.3, 0.4) is 0 Å². The van der Waals surface area contributed by atoms with Crippen LogP contribution in [-0.4, -0.2) is 44.2 Å². The second-order valence-corrected chi connectivity index (χ2v) is 7.63. The van der Waals surface area contributed by atoms with Crippen molar-refractivity contribution in [2.24, 2.45) is 0 Å². The van der Waals surface area contributed by atoms with Gasteiger partial charge in [-0.2, -0.15) is 11.8 Å². The van der Waals surface area contributed by atoms with Gasteiger partial charge in [0, 0.05) is 11.1 Å². The minimum Gasteiger partial charge on any atom is -0.495 e. The van der Waals surface area contributed by atoms with Crippen LogP contribution in [0.25, 0.3) is 0 Å². The van der Waals surface area contributed by atoms with Crippen LogP contribution in [0.4, 0.5) is 5.69 Å². The molecule has 0 saturated heterocycles. The molecule has 0 atom stereocenters. The number of aryl methyl sites for hydroxylation is 1. The molecule has 0 unspecified atom stereocenters. The lowest BCUT2D eigenvalue weighted by Gasteiger charge is -2.12. The summed E-state index contributed by atoms with van der Waals surface area (Å²) in [6.45, 7) is 2.39. The Balaban J connectivity index is 1.67. The van der Waals surface area contributed by atoms with Crippen molar-refractivity contribution in [1.82, 2.24) is 0 Å². The first kappa shape index (κ1) is 22.9. The van der Waals surface area contributed by atoms with E-state index in [1.54, 1.807) is 36.4 Å². The van der Waals surface area contributed by atoms with Crippen LogP contribution in [0.5, 0.6) is 11.5 Å². The van der Waals surface area contributed by atoms with Crippen LogP contribution in [0.2, 0.25) is 5.02 Å². The summed E-state index contributed by atoms with van der Waals surface area (Å²) in [5.74, 6) is 1.85. The molecular formula is C21H24ClNO5S. The summed E-state index contributed by atoms with van der Waals surface area (Å²) in [6, 6.07) is 10.3. The van der Waals surface area contributed by atoms with E-state index in [-0.39, 0.29) is 11.9 Å². The number of esters is 1. The number of carbonyl (C=O) groups is 2. The van der Waals surface area contributed by atoms with Gasteiger partial charge in [0.25, 0.3) is 0 Å². The standard InChI is InChI=1S/C21H24ClNO5S/c1-14-11-18(19(26-2)12-17(14)22)23-20(24)13-29-10-4-9-28-16-7-5-15(6-8-16)21(25)27-3/h5-8,11-12H,4,9-10,13H2,1-3H3,(H,23,24). The average molecular weight is 438 g/mol. The van der Waals surface area contributed by atoms with E-state index in [0.29, 0.717) is 40.1 Å². The third-order valence-corrected chi connectivity index (χ3v) is 5.42. The molecule has 156 valence electrons. The van der Waals surface area contributed by atoms with E-state index >= 15 is 0 Å². The molecule has 0 aliphatic rings. The van der Waals surface area contributed by atoms with Crippen LogP contribution >= 0.6 is 23.4 Å². The van der Waals surface area contributed by atoms with E-state index in [1.807, 2.05) is 6.92 Å². The highest BCUT2D eigenvalue weighted by atomic mass is 35.5. The van der Waals surface area contributed by atoms with E-state index in [2.05, 4.69) is 10.1 Å². The summed E-state index contributed by atoms with van der Waals surface area (Å²) < 4.78 is 15.6. The predicted molar refractivity (Wildman–Crippen MR) is 117 cm³/mol. The molecule has 0 bridgehead atoms. The Kier molecular flexibility index (Phi) is 9.15. The summed E-state index contributed by atoms with van der Waals surface area (Å²) in [4.78, 5) is 23.5. The molecule has 1 amide bonds. The second-order valence-electron chi connectivity index (χ2n) is 6.12. The largest absolute Gasteiger partial charge is 0.495 e. The van der Waals surface area contributed by atoms with Crippen molar-refractivity contribution in [3.63, 3.8) is 0 Å². The quantitative estimate of drug-likeness (QED) is 0.433. The molecular weight excluding hydrogens is 414 g/mol. The van der Waals surface area contributed by atoms with Gasteiger partial charge in [0.05, 0.1) is 37.8 Å². The zero-order valence-electron chi connectivity index (χ0n) is 16.6. The zero-order chi connectivity index (χ0) is 21.2. The molecule has 0 aromatic heterocycles. The molecule has 0 radical (unpaired) electrons. The highest BCUT2D eigenvalue weighted by Gasteiger charge is 2.10. The fourth-order valence-electron chi connectivity index (χ4n) is 2.44. The first-order valence-electron chi connectivity index (χ1n) is 8.97. The molecule has 2 aromatic carbocycles. The van der Waals surface area contributed by atoms with Crippen molar-refractivity contribution in [3.05, 3.63) is 52.5 Å². The van der Waals surface area contributed by atoms with E-state index in [1.165, 1.54) is 26.0 Å². The fourth-order valence-corrected chi connectivity index (χ4v) is 3.31. The monoisotopic (exact) mass is 437 g/mol. The molecule has 0 heterocycles. The maximum Gasteiger partial charge on any atom is 0.337 e. The van der Waals surface area contributed by atoms with E-state index in [9.17, 15) is 9.59 Å². The number of rotatable bonds is 10. The van der Waals surface area contributed by atoms with Gasteiger partial charge in [0.2, 0.25) is 5.91 Å². The summed E-state index contributed by atoms with van der Waals surface area (Å²) in [5, 5.41) is 3.44. The number of carbonyl (C=O) groups excluding carboxylic acids is 2. The number of methoxy groups -OCH3 is 2. The summed E-state index contributed by atoms with van der Waals surface area (Å²) in [5.41, 5.74) is 1.96. The minimum absolute atomic E-state index is 0.102. The first-order chi connectivity index (χ1) is 13.9. The highest BCUT2D eigenvalue weighted by Crippen LogP contribution is 2.31. The lowest BCUT2D eigenvalue weighted by atomic mass is 10.2. The number of thioether (sulfide) groups is 1. The molecule has 8 heteroatoms. The van der Waals surface area contributed by atoms with Gasteiger partial charge in [0.15, 0.2) is 0 Å². The van der Waals surface area contributed by atoms with Crippen molar-refractivity contribution in [2.45, 2.75) is 13.3 Å². The molecule has 0 spiro atoms. The molecule has 29 heavy (non-hydrogen) atoms. The normalized spacial score (nSPS) is 10.3. The third-order valence-electron chi connectivity index (χ3n) is 3.97. The molecule has 6 nitrogen and oxygen atoms in total. The Morgan fingerprint density at radius 1 is 1.14 bits per heavy atom. The van der Waals surface area contributed by atoms with Crippen LogP contribution in [0, 0.1) is 6.92 Å². The molecule has 2 aromatic rings. The predicted octanol–water partition coefficient (Wildman–Crippen LogP) is 4.58. The van der Waals surface area contributed by atoms with Gasteiger partial charge in [-0.05, 0) is 55.0 Å². The summed E-state index contributed by atoms with van der Waals surface area (Å²) in [7, 11) is 2.88. The number of hydrogen-bond donors (Lipinski definition) is 1. The van der Waals surface area contributed by atoms with Crippen LogP contribution < -0.4 is 14.8 Å². The van der Waals surface area contributed by atoms with Gasteiger partial charge in [-0.15, -0.1) is 0 Å². The van der Waals surface area contributed by atoms with Crippen molar-refractivity contribution in [2.75, 3.05) is 37.6 Å². The van der Waals surface area contributed by atoms with E-state index < -0.39 is 0 Å². The number of nitrogens with one attached hydrogen (secondary N) is 1. The number of amides is 1. The number of ether oxygens (including phenoxy) is 3. The zero-order valence-corrected chi connectivity index (χ0v) is 18.2. The van der Waals surface area contributed by atoms with Gasteiger partial charge >= 0.3 is 5.97 Å². The number of halogens is 1. The Hall–Kier alpha value is -2.38. The fraction of sp³-hybridized carbons (Fsp3) is 0.333. The van der Waals surface area contributed by atoms with E-state index in [4.69, 9.17) is 21.1 Å². The molecule has 0 saturated carbocycles. The maximum atomic E-state index is 12.2. The van der Waals surface area contributed by atoms with Crippen molar-refractivity contribution < 1.29 is 23.8 Å². The van der Waals surface area contributed by atoms with Crippen LogP contribution in [-0.2, 0) is 9.53 Å². The van der Waals surface area contributed by atoms with Crippen LogP contribution in [0.1, 0.15) is 22.3 Å². The first-order valence-corrected chi connectivity index (χ1v) is 10.5. The topological polar surface area (TPSA) is 73.9 Å². The molecule has 0 aliphatic heterocycles. The summed E-state index contributed by atoms with van der Waals surface area (Å²) in [6.07, 6.45) is 0.792. The SMILES string of the molecule is COC(=O)c1ccc(OCCCSCC(=O)Nc2cc(C)c(Cl)cc2OC)cc1. The molecule has 0 fully saturated rings. The van der Waals surface area contributed by atoms with Crippen molar-refractivity contribution in [1.29, 1.82) is 0 Å².